The van der Waals surface area contributed by atoms with E-state index in [-0.39, 0.29) is 11.1 Å². The van der Waals surface area contributed by atoms with Gasteiger partial charge in [0.25, 0.3) is 11.1 Å². The van der Waals surface area contributed by atoms with E-state index in [4.69, 9.17) is 0 Å². The third-order valence-corrected chi connectivity index (χ3v) is 5.04. The molecule has 1 fully saturated rings. The molecule has 1 aliphatic heterocycles. The lowest BCUT2D eigenvalue weighted by Gasteiger charge is -2.04. The molecule has 0 bridgehead atoms. The van der Waals surface area contributed by atoms with E-state index in [9.17, 15) is 9.59 Å². The maximum Gasteiger partial charge on any atom is 0.290 e. The standard InChI is InChI=1S/C16H9N3O2S2/c20-15-13(23-16(21)19-15)7-9-3-4-11-10(6-9)14(18-8-17-11)12-2-1-5-22-12/h1-8H,(H,19,20,21). The van der Waals surface area contributed by atoms with Crippen LogP contribution in [-0.4, -0.2) is 21.1 Å². The van der Waals surface area contributed by atoms with Crippen LogP contribution in [0, 0.1) is 0 Å². The van der Waals surface area contributed by atoms with Crippen LogP contribution in [0.2, 0.25) is 0 Å². The molecule has 3 heterocycles. The summed E-state index contributed by atoms with van der Waals surface area (Å²) in [6.45, 7) is 0. The average molecular weight is 339 g/mol. The minimum Gasteiger partial charge on any atom is -0.282 e. The summed E-state index contributed by atoms with van der Waals surface area (Å²) in [7, 11) is 0. The molecule has 1 saturated heterocycles. The molecule has 0 aliphatic carbocycles. The summed E-state index contributed by atoms with van der Waals surface area (Å²) >= 11 is 2.52. The van der Waals surface area contributed by atoms with Crippen LogP contribution in [0.25, 0.3) is 27.6 Å². The van der Waals surface area contributed by atoms with E-state index < -0.39 is 0 Å². The van der Waals surface area contributed by atoms with Crippen LogP contribution in [-0.2, 0) is 4.79 Å². The van der Waals surface area contributed by atoms with Gasteiger partial charge >= 0.3 is 0 Å². The molecule has 4 rings (SSSR count). The van der Waals surface area contributed by atoms with Crippen LogP contribution in [0.15, 0.2) is 46.9 Å². The van der Waals surface area contributed by atoms with Gasteiger partial charge in [0.15, 0.2) is 0 Å². The molecule has 3 aromatic rings. The summed E-state index contributed by atoms with van der Waals surface area (Å²) in [6, 6.07) is 9.69. The van der Waals surface area contributed by atoms with Crippen molar-refractivity contribution in [1.29, 1.82) is 0 Å². The highest BCUT2D eigenvalue weighted by Gasteiger charge is 2.24. The van der Waals surface area contributed by atoms with Gasteiger partial charge in [-0.25, -0.2) is 9.97 Å². The Labute approximate surface area is 139 Å². The minimum absolute atomic E-state index is 0.343. The Morgan fingerprint density at radius 1 is 1.13 bits per heavy atom. The van der Waals surface area contributed by atoms with Gasteiger partial charge in [0.05, 0.1) is 21.0 Å². The molecule has 2 amide bonds. The Morgan fingerprint density at radius 3 is 2.78 bits per heavy atom. The number of nitrogens with zero attached hydrogens (tertiary/aromatic N) is 2. The number of thioether (sulfide) groups is 1. The monoisotopic (exact) mass is 339 g/mol. The fourth-order valence-corrected chi connectivity index (χ4v) is 3.76. The van der Waals surface area contributed by atoms with Crippen molar-refractivity contribution in [3.63, 3.8) is 0 Å². The molecule has 5 nitrogen and oxygen atoms in total. The van der Waals surface area contributed by atoms with Gasteiger partial charge in [-0.05, 0) is 47.0 Å². The number of amides is 2. The molecule has 1 aliphatic rings. The largest absolute Gasteiger partial charge is 0.290 e. The second-order valence-electron chi connectivity index (χ2n) is 4.83. The first-order chi connectivity index (χ1) is 11.2. The average Bonchev–Trinajstić information content (AvgIpc) is 3.17. The smallest absolute Gasteiger partial charge is 0.282 e. The molecule has 0 saturated carbocycles. The molecule has 0 unspecified atom stereocenters. The predicted molar refractivity (Wildman–Crippen MR) is 92.0 cm³/mol. The van der Waals surface area contributed by atoms with Gasteiger partial charge in [-0.1, -0.05) is 12.1 Å². The van der Waals surface area contributed by atoms with Gasteiger partial charge < -0.3 is 0 Å². The molecule has 1 aromatic carbocycles. The fraction of sp³-hybridized carbons (Fsp3) is 0. The van der Waals surface area contributed by atoms with E-state index in [2.05, 4.69) is 15.3 Å². The van der Waals surface area contributed by atoms with Crippen molar-refractivity contribution in [2.75, 3.05) is 0 Å². The molecule has 112 valence electrons. The van der Waals surface area contributed by atoms with Gasteiger partial charge in [0.1, 0.15) is 6.33 Å². The van der Waals surface area contributed by atoms with Crippen LogP contribution in [0.1, 0.15) is 5.56 Å². The molecule has 0 spiro atoms. The Hall–Kier alpha value is -2.51. The Balaban J connectivity index is 1.84. The lowest BCUT2D eigenvalue weighted by atomic mass is 10.1. The number of carbonyl (C=O) groups is 2. The summed E-state index contributed by atoms with van der Waals surface area (Å²) < 4.78 is 0. The van der Waals surface area contributed by atoms with Gasteiger partial charge in [-0.2, -0.15) is 0 Å². The quantitative estimate of drug-likeness (QED) is 0.721. The number of nitrogens with one attached hydrogen (secondary N) is 1. The van der Waals surface area contributed by atoms with E-state index in [1.165, 1.54) is 0 Å². The number of thiophene rings is 1. The molecule has 0 atom stereocenters. The molecule has 7 heteroatoms. The number of imide groups is 1. The third-order valence-electron chi connectivity index (χ3n) is 3.35. The number of carbonyl (C=O) groups excluding carboxylic acids is 2. The summed E-state index contributed by atoms with van der Waals surface area (Å²) in [5.74, 6) is -0.358. The van der Waals surface area contributed by atoms with E-state index >= 15 is 0 Å². The van der Waals surface area contributed by atoms with Crippen LogP contribution >= 0.6 is 23.1 Å². The predicted octanol–water partition coefficient (Wildman–Crippen LogP) is 3.68. The van der Waals surface area contributed by atoms with E-state index in [1.807, 2.05) is 35.7 Å². The molecular formula is C16H9N3O2S2. The molecular weight excluding hydrogens is 330 g/mol. The van der Waals surface area contributed by atoms with Gasteiger partial charge in [0, 0.05) is 5.39 Å². The highest BCUT2D eigenvalue weighted by molar-refractivity contribution is 8.18. The maximum atomic E-state index is 11.7. The van der Waals surface area contributed by atoms with Crippen molar-refractivity contribution in [2.45, 2.75) is 0 Å². The zero-order valence-corrected chi connectivity index (χ0v) is 13.3. The molecule has 1 N–H and O–H groups in total. The first kappa shape index (κ1) is 14.1. The van der Waals surface area contributed by atoms with Gasteiger partial charge in [-0.15, -0.1) is 11.3 Å². The van der Waals surface area contributed by atoms with Crippen molar-refractivity contribution in [3.8, 4) is 10.6 Å². The van der Waals surface area contributed by atoms with Crippen molar-refractivity contribution < 1.29 is 9.59 Å². The zero-order chi connectivity index (χ0) is 15.8. The topological polar surface area (TPSA) is 72.0 Å². The lowest BCUT2D eigenvalue weighted by molar-refractivity contribution is -0.115. The lowest BCUT2D eigenvalue weighted by Crippen LogP contribution is -2.17. The second-order valence-corrected chi connectivity index (χ2v) is 6.79. The van der Waals surface area contributed by atoms with Crippen molar-refractivity contribution in [1.82, 2.24) is 15.3 Å². The molecule has 0 radical (unpaired) electrons. The maximum absolute atomic E-state index is 11.7. The van der Waals surface area contributed by atoms with Crippen molar-refractivity contribution >= 4 is 51.2 Å². The summed E-state index contributed by atoms with van der Waals surface area (Å²) in [4.78, 5) is 33.0. The Kier molecular flexibility index (Phi) is 3.44. The third kappa shape index (κ3) is 2.64. The highest BCUT2D eigenvalue weighted by Crippen LogP contribution is 2.31. The summed E-state index contributed by atoms with van der Waals surface area (Å²) in [5, 5.41) is 4.82. The van der Waals surface area contributed by atoms with Crippen molar-refractivity contribution in [2.24, 2.45) is 0 Å². The molecule has 2 aromatic heterocycles. The SMILES string of the molecule is O=C1NC(=O)C(=Cc2ccc3ncnc(-c4cccs4)c3c2)S1. The Bertz CT molecular complexity index is 965. The van der Waals surface area contributed by atoms with Crippen LogP contribution in [0.4, 0.5) is 4.79 Å². The zero-order valence-electron chi connectivity index (χ0n) is 11.6. The number of benzene rings is 1. The van der Waals surface area contributed by atoms with Crippen LogP contribution in [0.3, 0.4) is 0 Å². The van der Waals surface area contributed by atoms with E-state index in [0.717, 1.165) is 38.8 Å². The number of hydrogen-bond acceptors (Lipinski definition) is 6. The summed E-state index contributed by atoms with van der Waals surface area (Å²) in [6.07, 6.45) is 3.25. The van der Waals surface area contributed by atoms with E-state index in [1.54, 1.807) is 23.7 Å². The summed E-state index contributed by atoms with van der Waals surface area (Å²) in [5.41, 5.74) is 2.53. The number of aromatic nitrogens is 2. The number of hydrogen-bond donors (Lipinski definition) is 1. The van der Waals surface area contributed by atoms with Crippen LogP contribution < -0.4 is 5.32 Å². The Morgan fingerprint density at radius 2 is 2.04 bits per heavy atom. The fourth-order valence-electron chi connectivity index (χ4n) is 2.35. The van der Waals surface area contributed by atoms with Crippen LogP contribution in [0.5, 0.6) is 0 Å². The van der Waals surface area contributed by atoms with Crippen molar-refractivity contribution in [3.05, 3.63) is 52.5 Å². The normalized spacial score (nSPS) is 16.3. The number of fused-ring (bicyclic) bond motifs is 1. The second kappa shape index (κ2) is 5.60. The highest BCUT2D eigenvalue weighted by atomic mass is 32.2. The molecule has 23 heavy (non-hydrogen) atoms. The van der Waals surface area contributed by atoms with E-state index in [0.29, 0.717) is 4.91 Å². The van der Waals surface area contributed by atoms with Gasteiger partial charge in [0.2, 0.25) is 0 Å². The number of rotatable bonds is 2. The van der Waals surface area contributed by atoms with Gasteiger partial charge in [-0.3, -0.25) is 14.9 Å². The first-order valence-electron chi connectivity index (χ1n) is 6.74. The first-order valence-corrected chi connectivity index (χ1v) is 8.44. The minimum atomic E-state index is -0.358.